The molecule has 0 saturated heterocycles. The number of sulfonamides is 1. The Morgan fingerprint density at radius 2 is 1.96 bits per heavy atom. The summed E-state index contributed by atoms with van der Waals surface area (Å²) in [4.78, 5) is 3.84. The zero-order valence-electron chi connectivity index (χ0n) is 15.8. The van der Waals surface area contributed by atoms with Crippen molar-refractivity contribution in [3.05, 3.63) is 58.8 Å². The first-order valence-corrected chi connectivity index (χ1v) is 10.6. The predicted octanol–water partition coefficient (Wildman–Crippen LogP) is 3.63. The van der Waals surface area contributed by atoms with Crippen LogP contribution in [0.1, 0.15) is 28.8 Å². The van der Waals surface area contributed by atoms with E-state index in [0.29, 0.717) is 11.3 Å². The number of hydrogen-bond acceptors (Lipinski definition) is 3. The number of benzene rings is 2. The van der Waals surface area contributed by atoms with Gasteiger partial charge in [-0.3, -0.25) is 0 Å². The lowest BCUT2D eigenvalue weighted by Gasteiger charge is -2.24. The molecule has 0 radical (unpaired) electrons. The van der Waals surface area contributed by atoms with E-state index in [4.69, 9.17) is 4.74 Å². The van der Waals surface area contributed by atoms with Gasteiger partial charge in [0.15, 0.2) is 0 Å². The van der Waals surface area contributed by atoms with E-state index in [1.54, 1.807) is 13.2 Å². The highest BCUT2D eigenvalue weighted by Crippen LogP contribution is 2.32. The fourth-order valence-electron chi connectivity index (χ4n) is 3.90. The van der Waals surface area contributed by atoms with Crippen LogP contribution in [0.3, 0.4) is 0 Å². The molecule has 0 spiro atoms. The molecule has 1 aromatic heterocycles. The van der Waals surface area contributed by atoms with Gasteiger partial charge in [-0.2, -0.15) is 0 Å². The molecule has 27 heavy (non-hydrogen) atoms. The minimum atomic E-state index is -3.55. The van der Waals surface area contributed by atoms with Crippen molar-refractivity contribution < 1.29 is 13.2 Å². The normalized spacial score (nSPS) is 17.1. The summed E-state index contributed by atoms with van der Waals surface area (Å²) in [6.07, 6.45) is 2.28. The van der Waals surface area contributed by atoms with E-state index in [1.165, 1.54) is 11.3 Å². The van der Waals surface area contributed by atoms with E-state index in [0.717, 1.165) is 40.6 Å². The molecule has 3 aromatic rings. The van der Waals surface area contributed by atoms with Gasteiger partial charge in [-0.05, 0) is 74.1 Å². The van der Waals surface area contributed by atoms with Gasteiger partial charge in [-0.15, -0.1) is 0 Å². The summed E-state index contributed by atoms with van der Waals surface area (Å²) in [6, 6.07) is 11.4. The highest BCUT2D eigenvalue weighted by atomic mass is 32.2. The van der Waals surface area contributed by atoms with Gasteiger partial charge in [-0.1, -0.05) is 12.1 Å². The third-order valence-electron chi connectivity index (χ3n) is 5.35. The van der Waals surface area contributed by atoms with Gasteiger partial charge < -0.3 is 9.72 Å². The average molecular weight is 385 g/mol. The number of methoxy groups -OCH3 is 1. The van der Waals surface area contributed by atoms with E-state index < -0.39 is 10.0 Å². The van der Waals surface area contributed by atoms with Crippen LogP contribution in [0.2, 0.25) is 0 Å². The van der Waals surface area contributed by atoms with Crippen LogP contribution in [0.25, 0.3) is 10.9 Å². The minimum Gasteiger partial charge on any atom is -0.497 e. The van der Waals surface area contributed by atoms with E-state index in [-0.39, 0.29) is 6.04 Å². The summed E-state index contributed by atoms with van der Waals surface area (Å²) in [5, 5.41) is 1.11. The average Bonchev–Trinajstić information content (AvgIpc) is 3.00. The first-order valence-electron chi connectivity index (χ1n) is 9.14. The maximum Gasteiger partial charge on any atom is 0.241 e. The summed E-state index contributed by atoms with van der Waals surface area (Å²) in [5.41, 5.74) is 5.15. The lowest BCUT2D eigenvalue weighted by Crippen LogP contribution is -2.39. The molecule has 0 fully saturated rings. The summed E-state index contributed by atoms with van der Waals surface area (Å²) in [6.45, 7) is 3.74. The molecular weight excluding hydrogens is 360 g/mol. The van der Waals surface area contributed by atoms with Gasteiger partial charge in [0.2, 0.25) is 10.0 Å². The quantitative estimate of drug-likeness (QED) is 0.722. The largest absolute Gasteiger partial charge is 0.497 e. The molecular formula is C21H24N2O3S. The molecule has 2 aromatic carbocycles. The van der Waals surface area contributed by atoms with Gasteiger partial charge in [0.05, 0.1) is 12.0 Å². The fraction of sp³-hybridized carbons (Fsp3) is 0.333. The number of fused-ring (bicyclic) bond motifs is 3. The lowest BCUT2D eigenvalue weighted by molar-refractivity contribution is 0.415. The summed E-state index contributed by atoms with van der Waals surface area (Å²) in [7, 11) is -1.90. The van der Waals surface area contributed by atoms with Crippen molar-refractivity contribution in [2.24, 2.45) is 0 Å². The Labute approximate surface area is 159 Å². The lowest BCUT2D eigenvalue weighted by atomic mass is 9.92. The van der Waals surface area contributed by atoms with Crippen molar-refractivity contribution in [2.45, 2.75) is 44.0 Å². The zero-order valence-corrected chi connectivity index (χ0v) is 16.6. The Morgan fingerprint density at radius 3 is 2.74 bits per heavy atom. The van der Waals surface area contributed by atoms with Crippen LogP contribution >= 0.6 is 0 Å². The van der Waals surface area contributed by atoms with E-state index >= 15 is 0 Å². The molecule has 1 atom stereocenters. The Hall–Kier alpha value is -2.31. The van der Waals surface area contributed by atoms with Crippen LogP contribution in [-0.4, -0.2) is 26.6 Å². The number of aromatic nitrogens is 1. The molecule has 0 aliphatic heterocycles. The maximum atomic E-state index is 12.9. The Balaban J connectivity index is 1.63. The van der Waals surface area contributed by atoms with Crippen LogP contribution in [-0.2, 0) is 22.9 Å². The number of nitrogens with one attached hydrogen (secondary N) is 2. The summed E-state index contributed by atoms with van der Waals surface area (Å²) < 4.78 is 34.2. The Morgan fingerprint density at radius 1 is 1.15 bits per heavy atom. The molecule has 1 unspecified atom stereocenters. The molecule has 1 aliphatic carbocycles. The second kappa shape index (κ2) is 6.69. The van der Waals surface area contributed by atoms with E-state index in [9.17, 15) is 8.42 Å². The van der Waals surface area contributed by atoms with Gasteiger partial charge in [-0.25, -0.2) is 13.1 Å². The van der Waals surface area contributed by atoms with Gasteiger partial charge in [0.25, 0.3) is 0 Å². The Kier molecular flexibility index (Phi) is 4.48. The van der Waals surface area contributed by atoms with Crippen LogP contribution in [0.5, 0.6) is 5.75 Å². The molecule has 1 heterocycles. The first-order chi connectivity index (χ1) is 12.9. The molecule has 5 nitrogen and oxygen atoms in total. The fourth-order valence-corrected chi connectivity index (χ4v) is 5.50. The molecule has 1 aliphatic rings. The number of rotatable bonds is 4. The van der Waals surface area contributed by atoms with Crippen LogP contribution in [0.4, 0.5) is 0 Å². The summed E-state index contributed by atoms with van der Waals surface area (Å²) >= 11 is 0. The molecule has 0 amide bonds. The highest BCUT2D eigenvalue weighted by molar-refractivity contribution is 7.89. The van der Waals surface area contributed by atoms with Crippen molar-refractivity contribution in [1.29, 1.82) is 0 Å². The number of aromatic amines is 1. The first kappa shape index (κ1) is 18.1. The van der Waals surface area contributed by atoms with Crippen molar-refractivity contribution in [3.63, 3.8) is 0 Å². The number of aryl methyl sites for hydroxylation is 3. The smallest absolute Gasteiger partial charge is 0.241 e. The van der Waals surface area contributed by atoms with Crippen LogP contribution < -0.4 is 9.46 Å². The topological polar surface area (TPSA) is 71.2 Å². The van der Waals surface area contributed by atoms with Crippen molar-refractivity contribution in [1.82, 2.24) is 9.71 Å². The van der Waals surface area contributed by atoms with Crippen LogP contribution in [0.15, 0.2) is 41.3 Å². The molecule has 0 saturated carbocycles. The second-order valence-electron chi connectivity index (χ2n) is 7.32. The maximum absolute atomic E-state index is 12.9. The van der Waals surface area contributed by atoms with Crippen molar-refractivity contribution in [3.8, 4) is 5.75 Å². The van der Waals surface area contributed by atoms with E-state index in [2.05, 4.69) is 9.71 Å². The third kappa shape index (κ3) is 3.35. The SMILES string of the molecule is COc1ccc2[nH]c3c(c2c1)CC(NS(=O)(=O)c1cc(C)ccc1C)CC3. The van der Waals surface area contributed by atoms with Gasteiger partial charge in [0.1, 0.15) is 5.75 Å². The molecule has 2 N–H and O–H groups in total. The Bertz CT molecular complexity index is 1120. The molecule has 0 bridgehead atoms. The van der Waals surface area contributed by atoms with Crippen molar-refractivity contribution in [2.75, 3.05) is 7.11 Å². The second-order valence-corrected chi connectivity index (χ2v) is 9.01. The van der Waals surface area contributed by atoms with Gasteiger partial charge >= 0.3 is 0 Å². The highest BCUT2D eigenvalue weighted by Gasteiger charge is 2.27. The zero-order chi connectivity index (χ0) is 19.2. The monoisotopic (exact) mass is 384 g/mol. The van der Waals surface area contributed by atoms with Crippen LogP contribution in [0, 0.1) is 13.8 Å². The van der Waals surface area contributed by atoms with Crippen molar-refractivity contribution >= 4 is 20.9 Å². The molecule has 142 valence electrons. The number of hydrogen-bond donors (Lipinski definition) is 2. The standard InChI is InChI=1S/C21H24N2O3S/c1-13-4-5-14(2)21(10-13)27(24,25)23-15-6-8-19-17(11-15)18-12-16(26-3)7-9-20(18)22-19/h4-5,7,9-10,12,15,22-23H,6,8,11H2,1-3H3. The minimum absolute atomic E-state index is 0.118. The number of ether oxygens (including phenoxy) is 1. The third-order valence-corrected chi connectivity index (χ3v) is 7.01. The van der Waals surface area contributed by atoms with Gasteiger partial charge in [0, 0.05) is 22.6 Å². The predicted molar refractivity (Wildman–Crippen MR) is 107 cm³/mol. The number of H-pyrrole nitrogens is 1. The molecule has 4 rings (SSSR count). The summed E-state index contributed by atoms with van der Waals surface area (Å²) in [5.74, 6) is 0.808. The van der Waals surface area contributed by atoms with E-state index in [1.807, 2.05) is 44.2 Å². The molecule has 6 heteroatoms.